The van der Waals surface area contributed by atoms with Gasteiger partial charge in [-0.05, 0) is 18.2 Å². The summed E-state index contributed by atoms with van der Waals surface area (Å²) in [5.41, 5.74) is 1.94. The van der Waals surface area contributed by atoms with Crippen LogP contribution in [0.2, 0.25) is 0 Å². The second-order valence-corrected chi connectivity index (χ2v) is 5.59. The summed E-state index contributed by atoms with van der Waals surface area (Å²) in [4.78, 5) is 33.9. The van der Waals surface area contributed by atoms with E-state index in [4.69, 9.17) is 0 Å². The molecule has 2 aliphatic rings. The van der Waals surface area contributed by atoms with Gasteiger partial charge in [0, 0.05) is 26.7 Å². The zero-order valence-corrected chi connectivity index (χ0v) is 12.4. The average Bonchev–Trinajstić information content (AvgIpc) is 3.28. The van der Waals surface area contributed by atoms with Gasteiger partial charge in [0.15, 0.2) is 11.6 Å². The normalized spacial score (nSPS) is 14.4. The fraction of sp³-hybridized carbons (Fsp3) is 0.0625. The molecule has 104 valence electrons. The van der Waals surface area contributed by atoms with Crippen LogP contribution in [-0.4, -0.2) is 24.0 Å². The van der Waals surface area contributed by atoms with E-state index >= 15 is 0 Å². The Hall–Kier alpha value is -2.27. The van der Waals surface area contributed by atoms with Crippen LogP contribution in [0.3, 0.4) is 0 Å². The molecule has 0 unspecified atom stereocenters. The molecule has 4 rings (SSSR count). The van der Waals surface area contributed by atoms with E-state index in [0.717, 1.165) is 4.47 Å². The van der Waals surface area contributed by atoms with E-state index in [0.29, 0.717) is 28.8 Å². The summed E-state index contributed by atoms with van der Waals surface area (Å²) in [6.45, 7) is 0.597. The minimum atomic E-state index is -0.0866. The second kappa shape index (κ2) is 5.26. The maximum atomic E-state index is 12.2. The van der Waals surface area contributed by atoms with E-state index in [1.54, 1.807) is 42.5 Å². The molecule has 1 saturated heterocycles. The van der Waals surface area contributed by atoms with Crippen molar-refractivity contribution in [2.75, 3.05) is 6.54 Å². The SMILES string of the molecule is O=C1CN1.O=C1c2ccccc2C(=O)c2cc(Br)ccc21. The smallest absolute Gasteiger partial charge is 0.239 e. The third kappa shape index (κ3) is 2.64. The Labute approximate surface area is 129 Å². The van der Waals surface area contributed by atoms with Crippen LogP contribution in [0.1, 0.15) is 31.8 Å². The Bertz CT molecular complexity index is 777. The van der Waals surface area contributed by atoms with E-state index in [2.05, 4.69) is 21.2 Å². The largest absolute Gasteiger partial charge is 0.346 e. The molecule has 4 nitrogen and oxygen atoms in total. The summed E-state index contributed by atoms with van der Waals surface area (Å²) in [5.74, 6) is -0.000741. The van der Waals surface area contributed by atoms with Crippen molar-refractivity contribution in [2.45, 2.75) is 0 Å². The number of fused-ring (bicyclic) bond motifs is 2. The number of carbonyl (C=O) groups excluding carboxylic acids is 3. The molecule has 0 saturated carbocycles. The van der Waals surface area contributed by atoms with E-state index < -0.39 is 0 Å². The molecule has 1 fully saturated rings. The minimum absolute atomic E-state index is 0.0808. The standard InChI is InChI=1S/C14H7BrO2.C2H3NO/c15-8-5-6-11-12(7-8)14(17)10-4-2-1-3-9(10)13(11)16;4-2-1-3-2/h1-7H;1H2,(H,3,4). The van der Waals surface area contributed by atoms with Gasteiger partial charge in [0.25, 0.3) is 0 Å². The molecule has 1 aliphatic heterocycles. The molecule has 0 spiro atoms. The molecule has 0 atom stereocenters. The number of benzene rings is 2. The van der Waals surface area contributed by atoms with E-state index in [9.17, 15) is 14.4 Å². The summed E-state index contributed by atoms with van der Waals surface area (Å²) in [5, 5.41) is 2.46. The summed E-state index contributed by atoms with van der Waals surface area (Å²) >= 11 is 3.31. The molecule has 1 aliphatic carbocycles. The molecule has 21 heavy (non-hydrogen) atoms. The van der Waals surface area contributed by atoms with Crippen LogP contribution in [0.25, 0.3) is 0 Å². The Balaban J connectivity index is 0.000000287. The highest BCUT2D eigenvalue weighted by Gasteiger charge is 2.28. The van der Waals surface area contributed by atoms with Gasteiger partial charge in [-0.15, -0.1) is 0 Å². The summed E-state index contributed by atoms with van der Waals surface area (Å²) < 4.78 is 0.803. The predicted molar refractivity (Wildman–Crippen MR) is 80.5 cm³/mol. The molecule has 0 bridgehead atoms. The molecular formula is C16H10BrNO3. The summed E-state index contributed by atoms with van der Waals surface area (Å²) in [6.07, 6.45) is 0. The molecule has 1 amide bonds. The van der Waals surface area contributed by atoms with Gasteiger partial charge in [-0.3, -0.25) is 14.4 Å². The van der Waals surface area contributed by atoms with Crippen LogP contribution >= 0.6 is 15.9 Å². The highest BCUT2D eigenvalue weighted by molar-refractivity contribution is 9.10. The van der Waals surface area contributed by atoms with Crippen molar-refractivity contribution < 1.29 is 14.4 Å². The van der Waals surface area contributed by atoms with Gasteiger partial charge in [0.2, 0.25) is 5.91 Å². The van der Waals surface area contributed by atoms with Crippen molar-refractivity contribution in [3.63, 3.8) is 0 Å². The fourth-order valence-corrected chi connectivity index (χ4v) is 2.47. The lowest BCUT2D eigenvalue weighted by Crippen LogP contribution is -2.20. The van der Waals surface area contributed by atoms with Gasteiger partial charge in [0.1, 0.15) is 0 Å². The molecule has 2 aromatic rings. The predicted octanol–water partition coefficient (Wildman–Crippen LogP) is 2.34. The van der Waals surface area contributed by atoms with Gasteiger partial charge >= 0.3 is 0 Å². The van der Waals surface area contributed by atoms with Crippen LogP contribution in [0.4, 0.5) is 0 Å². The zero-order chi connectivity index (χ0) is 15.0. The molecule has 5 heteroatoms. The first-order valence-electron chi connectivity index (χ1n) is 6.32. The number of ketones is 2. The highest BCUT2D eigenvalue weighted by Crippen LogP contribution is 2.28. The lowest BCUT2D eigenvalue weighted by atomic mass is 9.84. The van der Waals surface area contributed by atoms with Crippen molar-refractivity contribution in [3.05, 3.63) is 69.2 Å². The van der Waals surface area contributed by atoms with Crippen molar-refractivity contribution in [3.8, 4) is 0 Å². The van der Waals surface area contributed by atoms with Gasteiger partial charge in [-0.1, -0.05) is 40.2 Å². The van der Waals surface area contributed by atoms with E-state index in [1.807, 2.05) is 0 Å². The molecule has 1 N–H and O–H groups in total. The number of carbonyl (C=O) groups is 3. The Morgan fingerprint density at radius 3 is 1.81 bits per heavy atom. The molecule has 0 aromatic heterocycles. The van der Waals surface area contributed by atoms with Crippen molar-refractivity contribution in [1.82, 2.24) is 5.32 Å². The Kier molecular flexibility index (Phi) is 3.43. The Morgan fingerprint density at radius 1 is 0.810 bits per heavy atom. The third-order valence-corrected chi connectivity index (χ3v) is 3.70. The number of amides is 1. The lowest BCUT2D eigenvalue weighted by Gasteiger charge is -2.17. The van der Waals surface area contributed by atoms with E-state index in [1.165, 1.54) is 0 Å². The minimum Gasteiger partial charge on any atom is -0.346 e. The van der Waals surface area contributed by atoms with Crippen LogP contribution in [0.5, 0.6) is 0 Å². The van der Waals surface area contributed by atoms with Gasteiger partial charge < -0.3 is 5.32 Å². The number of halogens is 1. The molecule has 0 radical (unpaired) electrons. The molecule has 2 aromatic carbocycles. The number of hydrogen-bond acceptors (Lipinski definition) is 3. The number of hydrogen-bond donors (Lipinski definition) is 1. The van der Waals surface area contributed by atoms with Gasteiger partial charge in [-0.2, -0.15) is 0 Å². The molecule has 1 heterocycles. The third-order valence-electron chi connectivity index (χ3n) is 3.21. The van der Waals surface area contributed by atoms with Crippen molar-refractivity contribution in [1.29, 1.82) is 0 Å². The van der Waals surface area contributed by atoms with Gasteiger partial charge in [-0.25, -0.2) is 0 Å². The monoisotopic (exact) mass is 343 g/mol. The van der Waals surface area contributed by atoms with Crippen LogP contribution in [0, 0.1) is 0 Å². The van der Waals surface area contributed by atoms with Gasteiger partial charge in [0.05, 0.1) is 6.54 Å². The quantitative estimate of drug-likeness (QED) is 0.636. The lowest BCUT2D eigenvalue weighted by molar-refractivity contribution is -0.110. The topological polar surface area (TPSA) is 73.2 Å². The summed E-state index contributed by atoms with van der Waals surface area (Å²) in [7, 11) is 0. The van der Waals surface area contributed by atoms with Crippen molar-refractivity contribution >= 4 is 33.4 Å². The first kappa shape index (κ1) is 13.7. The zero-order valence-electron chi connectivity index (χ0n) is 10.9. The maximum absolute atomic E-state index is 12.2. The summed E-state index contributed by atoms with van der Waals surface area (Å²) in [6, 6.07) is 12.1. The average molecular weight is 344 g/mol. The first-order valence-corrected chi connectivity index (χ1v) is 7.12. The fourth-order valence-electron chi connectivity index (χ4n) is 2.11. The second-order valence-electron chi connectivity index (χ2n) is 4.67. The number of rotatable bonds is 0. The van der Waals surface area contributed by atoms with Crippen molar-refractivity contribution in [2.24, 2.45) is 0 Å². The maximum Gasteiger partial charge on any atom is 0.239 e. The highest BCUT2D eigenvalue weighted by atomic mass is 79.9. The first-order chi connectivity index (χ1) is 10.1. The molecular weight excluding hydrogens is 334 g/mol. The Morgan fingerprint density at radius 2 is 1.29 bits per heavy atom. The number of nitrogens with one attached hydrogen (secondary N) is 1. The van der Waals surface area contributed by atoms with Crippen LogP contribution in [0.15, 0.2) is 46.9 Å². The van der Waals surface area contributed by atoms with Crippen LogP contribution < -0.4 is 5.32 Å². The van der Waals surface area contributed by atoms with E-state index in [-0.39, 0.29) is 17.5 Å². The van der Waals surface area contributed by atoms with Crippen LogP contribution in [-0.2, 0) is 4.79 Å².